The van der Waals surface area contributed by atoms with Gasteiger partial charge in [-0.25, -0.2) is 0 Å². The third-order valence-electron chi connectivity index (χ3n) is 4.22. The Hall–Kier alpha value is -0.0800. The molecule has 1 N–H and O–H groups in total. The zero-order chi connectivity index (χ0) is 13.6. The van der Waals surface area contributed by atoms with Crippen molar-refractivity contribution in [2.24, 2.45) is 11.3 Å². The van der Waals surface area contributed by atoms with Crippen molar-refractivity contribution in [1.29, 1.82) is 0 Å². The highest BCUT2D eigenvalue weighted by Crippen LogP contribution is 2.39. The molecule has 2 nitrogen and oxygen atoms in total. The first kappa shape index (κ1) is 16.0. The molecule has 0 bridgehead atoms. The standard InChI is InChI=1S/C16H33NO/c1-6-11-17-15(12-18-13(2)3)14-7-9-16(4,5)10-8-14/h13-15,17H,6-12H2,1-5H3. The lowest BCUT2D eigenvalue weighted by atomic mass is 9.71. The van der Waals surface area contributed by atoms with E-state index in [-0.39, 0.29) is 0 Å². The summed E-state index contributed by atoms with van der Waals surface area (Å²) in [6.07, 6.45) is 6.99. The molecule has 0 aliphatic heterocycles. The number of rotatable bonds is 7. The Morgan fingerprint density at radius 3 is 2.33 bits per heavy atom. The van der Waals surface area contributed by atoms with Crippen LogP contribution in [0.15, 0.2) is 0 Å². The van der Waals surface area contributed by atoms with Gasteiger partial charge in [0, 0.05) is 6.04 Å². The number of ether oxygens (including phenoxy) is 1. The highest BCUT2D eigenvalue weighted by molar-refractivity contribution is 4.85. The van der Waals surface area contributed by atoms with Crippen LogP contribution in [0.4, 0.5) is 0 Å². The van der Waals surface area contributed by atoms with Crippen molar-refractivity contribution in [2.45, 2.75) is 78.9 Å². The van der Waals surface area contributed by atoms with Gasteiger partial charge in [0.1, 0.15) is 0 Å². The number of nitrogens with one attached hydrogen (secondary N) is 1. The van der Waals surface area contributed by atoms with Crippen LogP contribution in [0.2, 0.25) is 0 Å². The second kappa shape index (κ2) is 7.49. The van der Waals surface area contributed by atoms with E-state index < -0.39 is 0 Å². The van der Waals surface area contributed by atoms with Crippen LogP contribution < -0.4 is 5.32 Å². The molecule has 1 rings (SSSR count). The molecular formula is C16H33NO. The number of hydrogen-bond donors (Lipinski definition) is 1. The van der Waals surface area contributed by atoms with Gasteiger partial charge in [0.25, 0.3) is 0 Å². The van der Waals surface area contributed by atoms with Gasteiger partial charge >= 0.3 is 0 Å². The normalized spacial score (nSPS) is 22.3. The predicted molar refractivity (Wildman–Crippen MR) is 78.9 cm³/mol. The molecule has 0 amide bonds. The van der Waals surface area contributed by atoms with Crippen LogP contribution in [0.25, 0.3) is 0 Å². The largest absolute Gasteiger partial charge is 0.377 e. The van der Waals surface area contributed by atoms with Gasteiger partial charge in [0.05, 0.1) is 12.7 Å². The molecule has 0 aromatic rings. The van der Waals surface area contributed by atoms with Crippen molar-refractivity contribution >= 4 is 0 Å². The van der Waals surface area contributed by atoms with Crippen molar-refractivity contribution < 1.29 is 4.74 Å². The first-order chi connectivity index (χ1) is 8.44. The fourth-order valence-corrected chi connectivity index (χ4v) is 2.81. The van der Waals surface area contributed by atoms with Gasteiger partial charge in [-0.15, -0.1) is 0 Å². The van der Waals surface area contributed by atoms with Gasteiger partial charge in [-0.2, -0.15) is 0 Å². The minimum atomic E-state index is 0.343. The molecule has 0 radical (unpaired) electrons. The lowest BCUT2D eigenvalue weighted by molar-refractivity contribution is 0.0357. The van der Waals surface area contributed by atoms with E-state index in [1.807, 2.05) is 0 Å². The molecular weight excluding hydrogens is 222 g/mol. The molecule has 0 saturated heterocycles. The quantitative estimate of drug-likeness (QED) is 0.742. The molecule has 0 aromatic carbocycles. The number of hydrogen-bond acceptors (Lipinski definition) is 2. The van der Waals surface area contributed by atoms with Gasteiger partial charge in [-0.3, -0.25) is 0 Å². The highest BCUT2D eigenvalue weighted by atomic mass is 16.5. The summed E-state index contributed by atoms with van der Waals surface area (Å²) >= 11 is 0. The first-order valence-electron chi connectivity index (χ1n) is 7.79. The van der Waals surface area contributed by atoms with Crippen LogP contribution >= 0.6 is 0 Å². The summed E-state index contributed by atoms with van der Waals surface area (Å²) in [6.45, 7) is 13.3. The van der Waals surface area contributed by atoms with Crippen molar-refractivity contribution in [2.75, 3.05) is 13.2 Å². The highest BCUT2D eigenvalue weighted by Gasteiger charge is 2.31. The Morgan fingerprint density at radius 1 is 1.22 bits per heavy atom. The first-order valence-corrected chi connectivity index (χ1v) is 7.79. The van der Waals surface area contributed by atoms with Gasteiger partial charge in [-0.1, -0.05) is 20.8 Å². The van der Waals surface area contributed by atoms with Gasteiger partial charge in [0.2, 0.25) is 0 Å². The molecule has 1 aliphatic rings. The molecule has 0 heterocycles. The van der Waals surface area contributed by atoms with Crippen molar-refractivity contribution in [3.63, 3.8) is 0 Å². The maximum absolute atomic E-state index is 5.84. The van der Waals surface area contributed by atoms with E-state index in [1.54, 1.807) is 0 Å². The molecule has 108 valence electrons. The van der Waals surface area contributed by atoms with Gasteiger partial charge in [-0.05, 0) is 63.8 Å². The SMILES string of the molecule is CCCNC(COC(C)C)C1CCC(C)(C)CC1. The lowest BCUT2D eigenvalue weighted by Crippen LogP contribution is -2.43. The Labute approximate surface area is 114 Å². The summed E-state index contributed by atoms with van der Waals surface area (Å²) in [7, 11) is 0. The topological polar surface area (TPSA) is 21.3 Å². The second-order valence-corrected chi connectivity index (χ2v) is 6.94. The van der Waals surface area contributed by atoms with Crippen LogP contribution in [0.3, 0.4) is 0 Å². The molecule has 0 spiro atoms. The minimum absolute atomic E-state index is 0.343. The third kappa shape index (κ3) is 5.71. The molecule has 1 aliphatic carbocycles. The molecule has 18 heavy (non-hydrogen) atoms. The van der Waals surface area contributed by atoms with Crippen LogP contribution in [-0.2, 0) is 4.74 Å². The van der Waals surface area contributed by atoms with Crippen molar-refractivity contribution in [1.82, 2.24) is 5.32 Å². The predicted octanol–water partition coefficient (Wildman–Crippen LogP) is 4.00. The molecule has 1 fully saturated rings. The minimum Gasteiger partial charge on any atom is -0.377 e. The van der Waals surface area contributed by atoms with E-state index in [4.69, 9.17) is 4.74 Å². The van der Waals surface area contributed by atoms with Crippen LogP contribution in [0.1, 0.15) is 66.7 Å². The van der Waals surface area contributed by atoms with Crippen molar-refractivity contribution in [3.05, 3.63) is 0 Å². The lowest BCUT2D eigenvalue weighted by Gasteiger charge is -2.38. The van der Waals surface area contributed by atoms with E-state index in [0.29, 0.717) is 17.6 Å². The van der Waals surface area contributed by atoms with E-state index in [9.17, 15) is 0 Å². The molecule has 2 heteroatoms. The average Bonchev–Trinajstić information content (AvgIpc) is 2.30. The summed E-state index contributed by atoms with van der Waals surface area (Å²) in [4.78, 5) is 0. The summed E-state index contributed by atoms with van der Waals surface area (Å²) in [5.41, 5.74) is 0.560. The second-order valence-electron chi connectivity index (χ2n) is 6.94. The molecule has 0 aromatic heterocycles. The smallest absolute Gasteiger partial charge is 0.0625 e. The van der Waals surface area contributed by atoms with E-state index in [2.05, 4.69) is 39.9 Å². The Balaban J connectivity index is 2.43. The monoisotopic (exact) mass is 255 g/mol. The summed E-state index contributed by atoms with van der Waals surface area (Å²) < 4.78 is 5.84. The zero-order valence-corrected chi connectivity index (χ0v) is 13.1. The van der Waals surface area contributed by atoms with Crippen LogP contribution in [0.5, 0.6) is 0 Å². The Kier molecular flexibility index (Phi) is 6.65. The summed E-state index contributed by atoms with van der Waals surface area (Å²) in [6, 6.07) is 0.559. The molecule has 1 saturated carbocycles. The average molecular weight is 255 g/mol. The van der Waals surface area contributed by atoms with Crippen LogP contribution in [0, 0.1) is 11.3 Å². The van der Waals surface area contributed by atoms with Gasteiger partial charge < -0.3 is 10.1 Å². The third-order valence-corrected chi connectivity index (χ3v) is 4.22. The summed E-state index contributed by atoms with van der Waals surface area (Å²) in [5, 5.41) is 3.70. The maximum atomic E-state index is 5.84. The fraction of sp³-hybridized carbons (Fsp3) is 1.00. The molecule has 1 unspecified atom stereocenters. The van der Waals surface area contributed by atoms with E-state index in [0.717, 1.165) is 19.1 Å². The van der Waals surface area contributed by atoms with E-state index in [1.165, 1.54) is 32.1 Å². The molecule has 1 atom stereocenters. The zero-order valence-electron chi connectivity index (χ0n) is 13.1. The Bertz CT molecular complexity index is 215. The Morgan fingerprint density at radius 2 is 1.83 bits per heavy atom. The fourth-order valence-electron chi connectivity index (χ4n) is 2.81. The van der Waals surface area contributed by atoms with Crippen LogP contribution in [-0.4, -0.2) is 25.3 Å². The van der Waals surface area contributed by atoms with E-state index >= 15 is 0 Å². The maximum Gasteiger partial charge on any atom is 0.0625 e. The summed E-state index contributed by atoms with van der Waals surface area (Å²) in [5.74, 6) is 0.809. The van der Waals surface area contributed by atoms with Crippen molar-refractivity contribution in [3.8, 4) is 0 Å². The van der Waals surface area contributed by atoms with Gasteiger partial charge in [0.15, 0.2) is 0 Å².